The topological polar surface area (TPSA) is 81.7 Å². The molecule has 2 N–H and O–H groups in total. The van der Waals surface area contributed by atoms with Gasteiger partial charge in [-0.2, -0.15) is 0 Å². The van der Waals surface area contributed by atoms with E-state index in [2.05, 4.69) is 4.98 Å². The molecule has 0 spiro atoms. The average Bonchev–Trinajstić information content (AvgIpc) is 3.04. The normalized spacial score (nSPS) is 11.1. The monoisotopic (exact) mass is 368 g/mol. The summed E-state index contributed by atoms with van der Waals surface area (Å²) in [5, 5.41) is 18.8. The molecule has 0 bridgehead atoms. The van der Waals surface area contributed by atoms with E-state index in [1.807, 2.05) is 20.8 Å². The summed E-state index contributed by atoms with van der Waals surface area (Å²) < 4.78 is 15.0. The van der Waals surface area contributed by atoms with E-state index in [0.717, 1.165) is 0 Å². The van der Waals surface area contributed by atoms with Crippen LogP contribution in [0.5, 0.6) is 5.75 Å². The van der Waals surface area contributed by atoms with Gasteiger partial charge in [0.1, 0.15) is 17.2 Å². The fourth-order valence-corrected chi connectivity index (χ4v) is 3.06. The third-order valence-electron chi connectivity index (χ3n) is 4.46. The van der Waals surface area contributed by atoms with Gasteiger partial charge < -0.3 is 10.0 Å². The number of halogens is 1. The number of hydrogen-bond donors (Lipinski definition) is 2. The zero-order valence-electron chi connectivity index (χ0n) is 15.4. The zero-order valence-corrected chi connectivity index (χ0v) is 15.4. The Morgan fingerprint density at radius 3 is 2.70 bits per heavy atom. The molecule has 2 aromatic heterocycles. The maximum atomic E-state index is 13.5. The minimum atomic E-state index is -0.451. The van der Waals surface area contributed by atoms with Crippen LogP contribution in [0.3, 0.4) is 0 Å². The van der Waals surface area contributed by atoms with Crippen molar-refractivity contribution in [2.24, 2.45) is 0 Å². The number of fused-ring (bicyclic) bond motifs is 1. The molecule has 1 aromatic carbocycles. The molecule has 27 heavy (non-hydrogen) atoms. The number of aromatic hydroxyl groups is 1. The Bertz CT molecular complexity index is 1030. The number of nitrogens with one attached hydrogen (secondary N) is 1. The lowest BCUT2D eigenvalue weighted by Gasteiger charge is -2.25. The second kappa shape index (κ2) is 7.19. The van der Waals surface area contributed by atoms with Crippen molar-refractivity contribution in [2.45, 2.75) is 26.8 Å². The molecule has 0 aliphatic heterocycles. The lowest BCUT2D eigenvalue weighted by atomic mass is 10.0. The highest BCUT2D eigenvalue weighted by Gasteiger charge is 2.20. The molecular formula is C20H21FN4O2. The standard InChI is InChI=1S/C20H21FN4O2/c1-4-24(12(2)3)20(27)13-5-7-15(17(26)9-13)19(22)16-10-23-18-8-6-14(21)11-25(16)18/h5-12,22,26H,4H2,1-3H3. The van der Waals surface area contributed by atoms with Crippen LogP contribution in [0, 0.1) is 11.2 Å². The number of amides is 1. The molecule has 0 atom stereocenters. The Kier molecular flexibility index (Phi) is 4.94. The van der Waals surface area contributed by atoms with Crippen molar-refractivity contribution in [1.82, 2.24) is 14.3 Å². The number of pyridine rings is 1. The first-order valence-corrected chi connectivity index (χ1v) is 8.69. The van der Waals surface area contributed by atoms with Gasteiger partial charge in [0, 0.05) is 29.9 Å². The SMILES string of the molecule is CCN(C(=O)c1ccc(C(=N)c2cnc3ccc(F)cn23)c(O)c1)C(C)C. The van der Waals surface area contributed by atoms with Crippen molar-refractivity contribution >= 4 is 17.3 Å². The van der Waals surface area contributed by atoms with Crippen LogP contribution in [-0.2, 0) is 0 Å². The minimum absolute atomic E-state index is 0.0131. The zero-order chi connectivity index (χ0) is 19.7. The lowest BCUT2D eigenvalue weighted by molar-refractivity contribution is 0.0716. The number of imidazole rings is 1. The van der Waals surface area contributed by atoms with Crippen molar-refractivity contribution < 1.29 is 14.3 Å². The maximum absolute atomic E-state index is 13.5. The smallest absolute Gasteiger partial charge is 0.254 e. The molecule has 0 aliphatic rings. The molecular weight excluding hydrogens is 347 g/mol. The van der Waals surface area contributed by atoms with Gasteiger partial charge in [-0.15, -0.1) is 0 Å². The molecule has 0 radical (unpaired) electrons. The molecule has 0 unspecified atom stereocenters. The molecule has 7 heteroatoms. The van der Waals surface area contributed by atoms with Crippen LogP contribution in [0.1, 0.15) is 42.4 Å². The molecule has 0 fully saturated rings. The Hall–Kier alpha value is -3.22. The van der Waals surface area contributed by atoms with E-state index >= 15 is 0 Å². The first-order chi connectivity index (χ1) is 12.8. The van der Waals surface area contributed by atoms with Crippen molar-refractivity contribution in [2.75, 3.05) is 6.54 Å². The van der Waals surface area contributed by atoms with Crippen molar-refractivity contribution in [3.63, 3.8) is 0 Å². The summed E-state index contributed by atoms with van der Waals surface area (Å²) in [6, 6.07) is 7.32. The Morgan fingerprint density at radius 1 is 1.33 bits per heavy atom. The fourth-order valence-electron chi connectivity index (χ4n) is 3.06. The summed E-state index contributed by atoms with van der Waals surface area (Å²) >= 11 is 0. The van der Waals surface area contributed by atoms with E-state index in [-0.39, 0.29) is 29.0 Å². The highest BCUT2D eigenvalue weighted by molar-refractivity contribution is 6.12. The molecule has 0 saturated heterocycles. The predicted octanol–water partition coefficient (Wildman–Crippen LogP) is 3.47. The number of aromatic nitrogens is 2. The Labute approximate surface area is 156 Å². The summed E-state index contributed by atoms with van der Waals surface area (Å²) in [4.78, 5) is 18.4. The summed E-state index contributed by atoms with van der Waals surface area (Å²) in [5.74, 6) is -0.817. The van der Waals surface area contributed by atoms with Gasteiger partial charge in [0.05, 0.1) is 17.6 Å². The van der Waals surface area contributed by atoms with Crippen LogP contribution >= 0.6 is 0 Å². The number of phenols is 1. The van der Waals surface area contributed by atoms with Gasteiger partial charge in [0.15, 0.2) is 0 Å². The number of benzene rings is 1. The number of nitrogens with zero attached hydrogens (tertiary/aromatic N) is 3. The lowest BCUT2D eigenvalue weighted by Crippen LogP contribution is -2.36. The molecule has 3 aromatic rings. The van der Waals surface area contributed by atoms with Gasteiger partial charge in [-0.3, -0.25) is 14.6 Å². The van der Waals surface area contributed by atoms with E-state index in [9.17, 15) is 14.3 Å². The first kappa shape index (κ1) is 18.6. The van der Waals surface area contributed by atoms with Crippen molar-refractivity contribution in [3.05, 3.63) is 65.4 Å². The molecule has 6 nitrogen and oxygen atoms in total. The Morgan fingerprint density at radius 2 is 2.07 bits per heavy atom. The molecule has 0 aliphatic carbocycles. The van der Waals surface area contributed by atoms with Crippen LogP contribution in [0.4, 0.5) is 4.39 Å². The summed E-state index contributed by atoms with van der Waals surface area (Å²) in [7, 11) is 0. The van der Waals surface area contributed by atoms with Crippen LogP contribution in [0.2, 0.25) is 0 Å². The molecule has 140 valence electrons. The van der Waals surface area contributed by atoms with Gasteiger partial charge in [0.2, 0.25) is 0 Å². The highest BCUT2D eigenvalue weighted by atomic mass is 19.1. The molecule has 1 amide bonds. The number of hydrogen-bond acceptors (Lipinski definition) is 4. The van der Waals surface area contributed by atoms with E-state index in [4.69, 9.17) is 5.41 Å². The number of carbonyl (C=O) groups is 1. The predicted molar refractivity (Wildman–Crippen MR) is 101 cm³/mol. The third kappa shape index (κ3) is 3.40. The van der Waals surface area contributed by atoms with Gasteiger partial charge in [-0.05, 0) is 51.1 Å². The quantitative estimate of drug-likeness (QED) is 0.677. The van der Waals surface area contributed by atoms with E-state index in [1.165, 1.54) is 41.1 Å². The second-order valence-electron chi connectivity index (χ2n) is 6.51. The highest BCUT2D eigenvalue weighted by Crippen LogP contribution is 2.24. The van der Waals surface area contributed by atoms with Crippen molar-refractivity contribution in [1.29, 1.82) is 5.41 Å². The number of phenolic OH excluding ortho intramolecular Hbond substituents is 1. The minimum Gasteiger partial charge on any atom is -0.507 e. The second-order valence-corrected chi connectivity index (χ2v) is 6.51. The van der Waals surface area contributed by atoms with Gasteiger partial charge in [-0.25, -0.2) is 9.37 Å². The van der Waals surface area contributed by atoms with Gasteiger partial charge in [-0.1, -0.05) is 0 Å². The largest absolute Gasteiger partial charge is 0.507 e. The van der Waals surface area contributed by atoms with Crippen LogP contribution < -0.4 is 0 Å². The average molecular weight is 368 g/mol. The van der Waals surface area contributed by atoms with E-state index < -0.39 is 5.82 Å². The van der Waals surface area contributed by atoms with Crippen molar-refractivity contribution in [3.8, 4) is 5.75 Å². The fraction of sp³-hybridized carbons (Fsp3) is 0.250. The summed E-state index contributed by atoms with van der Waals surface area (Å²) in [6.07, 6.45) is 2.69. The third-order valence-corrected chi connectivity index (χ3v) is 4.46. The van der Waals surface area contributed by atoms with Gasteiger partial charge >= 0.3 is 0 Å². The molecule has 0 saturated carbocycles. The Balaban J connectivity index is 1.97. The van der Waals surface area contributed by atoms with Crippen LogP contribution in [0.15, 0.2) is 42.7 Å². The summed E-state index contributed by atoms with van der Waals surface area (Å²) in [6.45, 7) is 6.30. The number of carbonyl (C=O) groups excluding carboxylic acids is 1. The molecule has 2 heterocycles. The van der Waals surface area contributed by atoms with Gasteiger partial charge in [0.25, 0.3) is 5.91 Å². The maximum Gasteiger partial charge on any atom is 0.254 e. The van der Waals surface area contributed by atoms with E-state index in [0.29, 0.717) is 23.4 Å². The summed E-state index contributed by atoms with van der Waals surface area (Å²) in [5.41, 5.74) is 1.42. The van der Waals surface area contributed by atoms with E-state index in [1.54, 1.807) is 11.0 Å². The van der Waals surface area contributed by atoms with Crippen LogP contribution in [-0.4, -0.2) is 43.6 Å². The van der Waals surface area contributed by atoms with Crippen LogP contribution in [0.25, 0.3) is 5.65 Å². The molecule has 3 rings (SSSR count). The number of rotatable bonds is 5. The first-order valence-electron chi connectivity index (χ1n) is 8.69.